The Kier molecular flexibility index (Phi) is 4.98. The van der Waals surface area contributed by atoms with E-state index in [0.717, 1.165) is 23.7 Å². The second-order valence-corrected chi connectivity index (χ2v) is 5.86. The van der Waals surface area contributed by atoms with Gasteiger partial charge in [0.15, 0.2) is 0 Å². The van der Waals surface area contributed by atoms with Gasteiger partial charge in [-0.3, -0.25) is 0 Å². The van der Waals surface area contributed by atoms with Gasteiger partial charge in [0.1, 0.15) is 0 Å². The average Bonchev–Trinajstić information content (AvgIpc) is 2.09. The van der Waals surface area contributed by atoms with Crippen molar-refractivity contribution in [2.75, 3.05) is 0 Å². The third-order valence-corrected chi connectivity index (χ3v) is 3.84. The lowest BCUT2D eigenvalue weighted by Gasteiger charge is -2.36. The molecule has 0 saturated heterocycles. The van der Waals surface area contributed by atoms with Gasteiger partial charge in [-0.2, -0.15) is 0 Å². The predicted molar refractivity (Wildman–Crippen MR) is 64.4 cm³/mol. The standard InChI is InChI=1S/C14H28/c1-5-6-13-10-12(4)7-8-14(13)9-11(2)3/h11-14H,5-10H2,1-4H3. The molecule has 1 aliphatic carbocycles. The van der Waals surface area contributed by atoms with Crippen molar-refractivity contribution >= 4 is 0 Å². The monoisotopic (exact) mass is 196 g/mol. The molecule has 1 aliphatic rings. The van der Waals surface area contributed by atoms with Crippen molar-refractivity contribution in [3.05, 3.63) is 0 Å². The number of rotatable bonds is 4. The third-order valence-electron chi connectivity index (χ3n) is 3.84. The molecule has 0 N–H and O–H groups in total. The van der Waals surface area contributed by atoms with E-state index in [2.05, 4.69) is 27.7 Å². The summed E-state index contributed by atoms with van der Waals surface area (Å²) in [4.78, 5) is 0. The fraction of sp³-hybridized carbons (Fsp3) is 1.00. The first-order valence-corrected chi connectivity index (χ1v) is 6.63. The lowest BCUT2D eigenvalue weighted by molar-refractivity contribution is 0.155. The average molecular weight is 196 g/mol. The summed E-state index contributed by atoms with van der Waals surface area (Å²) in [6.07, 6.45) is 8.82. The molecule has 0 nitrogen and oxygen atoms in total. The molecule has 0 aromatic heterocycles. The molecule has 0 amide bonds. The van der Waals surface area contributed by atoms with Crippen molar-refractivity contribution in [3.8, 4) is 0 Å². The van der Waals surface area contributed by atoms with Gasteiger partial charge in [0.05, 0.1) is 0 Å². The Bertz CT molecular complexity index is 146. The highest BCUT2D eigenvalue weighted by Gasteiger charge is 2.27. The zero-order valence-corrected chi connectivity index (χ0v) is 10.6. The van der Waals surface area contributed by atoms with Gasteiger partial charge in [0, 0.05) is 0 Å². The molecular formula is C14H28. The molecule has 0 aliphatic heterocycles. The lowest BCUT2D eigenvalue weighted by Crippen LogP contribution is -2.24. The molecule has 0 bridgehead atoms. The maximum Gasteiger partial charge on any atom is -0.0383 e. The van der Waals surface area contributed by atoms with Crippen LogP contribution in [0.3, 0.4) is 0 Å². The maximum absolute atomic E-state index is 2.44. The first kappa shape index (κ1) is 12.1. The molecule has 0 spiro atoms. The van der Waals surface area contributed by atoms with Gasteiger partial charge in [-0.25, -0.2) is 0 Å². The van der Waals surface area contributed by atoms with E-state index in [4.69, 9.17) is 0 Å². The second kappa shape index (κ2) is 5.78. The van der Waals surface area contributed by atoms with E-state index in [1.807, 2.05) is 0 Å². The van der Waals surface area contributed by atoms with E-state index in [1.165, 1.54) is 38.5 Å². The quantitative estimate of drug-likeness (QED) is 0.601. The molecule has 1 rings (SSSR count). The van der Waals surface area contributed by atoms with Crippen LogP contribution >= 0.6 is 0 Å². The van der Waals surface area contributed by atoms with Gasteiger partial charge in [-0.1, -0.05) is 47.0 Å². The van der Waals surface area contributed by atoms with Crippen LogP contribution in [0.1, 0.15) is 66.2 Å². The van der Waals surface area contributed by atoms with Gasteiger partial charge >= 0.3 is 0 Å². The van der Waals surface area contributed by atoms with Crippen LogP contribution in [-0.2, 0) is 0 Å². The number of hydrogen-bond donors (Lipinski definition) is 0. The summed E-state index contributed by atoms with van der Waals surface area (Å²) < 4.78 is 0. The van der Waals surface area contributed by atoms with E-state index in [9.17, 15) is 0 Å². The largest absolute Gasteiger partial charge is 0.0654 e. The topological polar surface area (TPSA) is 0 Å². The Morgan fingerprint density at radius 3 is 2.43 bits per heavy atom. The minimum absolute atomic E-state index is 0.896. The number of hydrogen-bond acceptors (Lipinski definition) is 0. The van der Waals surface area contributed by atoms with Gasteiger partial charge in [-0.05, 0) is 42.9 Å². The molecule has 0 aromatic rings. The van der Waals surface area contributed by atoms with Crippen LogP contribution in [-0.4, -0.2) is 0 Å². The van der Waals surface area contributed by atoms with Crippen molar-refractivity contribution in [1.82, 2.24) is 0 Å². The summed E-state index contributed by atoms with van der Waals surface area (Å²) in [7, 11) is 0. The lowest BCUT2D eigenvalue weighted by atomic mass is 9.70. The molecule has 14 heavy (non-hydrogen) atoms. The van der Waals surface area contributed by atoms with Gasteiger partial charge < -0.3 is 0 Å². The Balaban J connectivity index is 2.44. The Hall–Kier alpha value is 0. The van der Waals surface area contributed by atoms with Crippen LogP contribution in [0.4, 0.5) is 0 Å². The van der Waals surface area contributed by atoms with E-state index < -0.39 is 0 Å². The molecule has 3 atom stereocenters. The normalized spacial score (nSPS) is 33.6. The smallest absolute Gasteiger partial charge is 0.0383 e. The molecule has 3 unspecified atom stereocenters. The van der Waals surface area contributed by atoms with Crippen LogP contribution in [0.15, 0.2) is 0 Å². The van der Waals surface area contributed by atoms with E-state index >= 15 is 0 Å². The molecule has 0 heterocycles. The second-order valence-electron chi connectivity index (χ2n) is 5.86. The maximum atomic E-state index is 2.44. The van der Waals surface area contributed by atoms with E-state index in [1.54, 1.807) is 0 Å². The highest BCUT2D eigenvalue weighted by molar-refractivity contribution is 4.79. The fourth-order valence-corrected chi connectivity index (χ4v) is 3.20. The zero-order valence-electron chi connectivity index (χ0n) is 10.6. The summed E-state index contributed by atoms with van der Waals surface area (Å²) in [5.74, 6) is 3.99. The van der Waals surface area contributed by atoms with Crippen molar-refractivity contribution in [2.45, 2.75) is 66.2 Å². The summed E-state index contributed by atoms with van der Waals surface area (Å²) in [6, 6.07) is 0. The van der Waals surface area contributed by atoms with Gasteiger partial charge in [0.2, 0.25) is 0 Å². The SMILES string of the molecule is CCCC1CC(C)CCC1CC(C)C. The summed E-state index contributed by atoms with van der Waals surface area (Å²) >= 11 is 0. The summed E-state index contributed by atoms with van der Waals surface area (Å²) in [5, 5.41) is 0. The summed E-state index contributed by atoms with van der Waals surface area (Å²) in [5.41, 5.74) is 0. The highest BCUT2D eigenvalue weighted by Crippen LogP contribution is 2.39. The first-order chi connectivity index (χ1) is 6.63. The van der Waals surface area contributed by atoms with Crippen LogP contribution in [0.5, 0.6) is 0 Å². The van der Waals surface area contributed by atoms with Crippen molar-refractivity contribution < 1.29 is 0 Å². The van der Waals surface area contributed by atoms with Gasteiger partial charge in [-0.15, -0.1) is 0 Å². The van der Waals surface area contributed by atoms with Crippen molar-refractivity contribution in [3.63, 3.8) is 0 Å². The molecule has 1 saturated carbocycles. The minimum Gasteiger partial charge on any atom is -0.0654 e. The Morgan fingerprint density at radius 1 is 1.14 bits per heavy atom. The molecule has 0 aromatic carbocycles. The first-order valence-electron chi connectivity index (χ1n) is 6.63. The molecular weight excluding hydrogens is 168 g/mol. The van der Waals surface area contributed by atoms with Crippen molar-refractivity contribution in [2.24, 2.45) is 23.7 Å². The predicted octanol–water partition coefficient (Wildman–Crippen LogP) is 4.89. The molecule has 0 radical (unpaired) electrons. The van der Waals surface area contributed by atoms with Crippen LogP contribution in [0.25, 0.3) is 0 Å². The molecule has 0 heteroatoms. The van der Waals surface area contributed by atoms with Crippen LogP contribution in [0.2, 0.25) is 0 Å². The highest BCUT2D eigenvalue weighted by atomic mass is 14.3. The van der Waals surface area contributed by atoms with Crippen LogP contribution in [0, 0.1) is 23.7 Å². The zero-order chi connectivity index (χ0) is 10.6. The Labute approximate surface area is 90.5 Å². The minimum atomic E-state index is 0.896. The van der Waals surface area contributed by atoms with Crippen LogP contribution < -0.4 is 0 Å². The molecule has 84 valence electrons. The van der Waals surface area contributed by atoms with E-state index in [0.29, 0.717) is 0 Å². The molecule has 1 fully saturated rings. The van der Waals surface area contributed by atoms with E-state index in [-0.39, 0.29) is 0 Å². The third kappa shape index (κ3) is 3.63. The fourth-order valence-electron chi connectivity index (χ4n) is 3.20. The van der Waals surface area contributed by atoms with Crippen molar-refractivity contribution in [1.29, 1.82) is 0 Å². The summed E-state index contributed by atoms with van der Waals surface area (Å²) in [6.45, 7) is 9.53. The van der Waals surface area contributed by atoms with Gasteiger partial charge in [0.25, 0.3) is 0 Å². The Morgan fingerprint density at radius 2 is 1.86 bits per heavy atom.